The minimum absolute atomic E-state index is 0.504. The Labute approximate surface area is 105 Å². The number of rotatable bonds is 2. The van der Waals surface area contributed by atoms with Crippen LogP contribution in [0.1, 0.15) is 11.4 Å². The van der Waals surface area contributed by atoms with Crippen LogP contribution in [0.4, 0.5) is 0 Å². The second kappa shape index (κ2) is 4.23. The number of benzene rings is 1. The first-order valence-corrected chi connectivity index (χ1v) is 5.88. The Morgan fingerprint density at radius 2 is 2.11 bits per heavy atom. The van der Waals surface area contributed by atoms with Gasteiger partial charge in [-0.1, -0.05) is 18.2 Å². The number of nitrogens with two attached hydrogens (primary N) is 1. The van der Waals surface area contributed by atoms with Crippen molar-refractivity contribution in [3.63, 3.8) is 0 Å². The van der Waals surface area contributed by atoms with Gasteiger partial charge in [-0.3, -0.25) is 4.57 Å². The summed E-state index contributed by atoms with van der Waals surface area (Å²) in [5, 5.41) is 1.11. The lowest BCUT2D eigenvalue weighted by Gasteiger charge is -2.09. The van der Waals surface area contributed by atoms with Crippen LogP contribution in [0.3, 0.4) is 0 Å². The molecule has 18 heavy (non-hydrogen) atoms. The summed E-state index contributed by atoms with van der Waals surface area (Å²) in [4.78, 5) is 8.87. The van der Waals surface area contributed by atoms with Gasteiger partial charge in [0.25, 0.3) is 0 Å². The molecule has 1 aromatic carbocycles. The van der Waals surface area contributed by atoms with Crippen LogP contribution >= 0.6 is 0 Å². The van der Waals surface area contributed by atoms with E-state index in [9.17, 15) is 0 Å². The van der Waals surface area contributed by atoms with E-state index in [0.29, 0.717) is 6.54 Å². The maximum Gasteiger partial charge on any atom is 0.139 e. The highest BCUT2D eigenvalue weighted by molar-refractivity contribution is 5.83. The number of nitrogens with zero attached hydrogens (tertiary/aromatic N) is 3. The molecule has 0 saturated heterocycles. The van der Waals surface area contributed by atoms with Crippen molar-refractivity contribution >= 4 is 10.9 Å². The molecule has 2 heterocycles. The second-order valence-electron chi connectivity index (χ2n) is 4.21. The molecule has 0 amide bonds. The van der Waals surface area contributed by atoms with Gasteiger partial charge < -0.3 is 5.73 Å². The maximum absolute atomic E-state index is 5.82. The molecule has 4 nitrogen and oxygen atoms in total. The molecule has 0 aliphatic carbocycles. The first kappa shape index (κ1) is 10.9. The van der Waals surface area contributed by atoms with E-state index in [1.165, 1.54) is 0 Å². The summed E-state index contributed by atoms with van der Waals surface area (Å²) in [6.07, 6.45) is 3.68. The second-order valence-corrected chi connectivity index (χ2v) is 4.21. The van der Waals surface area contributed by atoms with Crippen LogP contribution in [0.5, 0.6) is 0 Å². The summed E-state index contributed by atoms with van der Waals surface area (Å²) < 4.78 is 1.96. The Balaban J connectivity index is 2.29. The molecular formula is C14H14N4. The van der Waals surface area contributed by atoms with Crippen LogP contribution in [0.25, 0.3) is 16.7 Å². The SMILES string of the molecule is Cc1nccn1-c1cc(CN)c2ccccc2n1. The molecule has 0 saturated carbocycles. The van der Waals surface area contributed by atoms with Crippen LogP contribution in [0, 0.1) is 6.92 Å². The summed E-state index contributed by atoms with van der Waals surface area (Å²) in [5.41, 5.74) is 7.89. The van der Waals surface area contributed by atoms with E-state index in [0.717, 1.165) is 28.1 Å². The highest BCUT2D eigenvalue weighted by Crippen LogP contribution is 2.20. The molecule has 3 rings (SSSR count). The zero-order valence-electron chi connectivity index (χ0n) is 10.2. The van der Waals surface area contributed by atoms with E-state index < -0.39 is 0 Å². The summed E-state index contributed by atoms with van der Waals surface area (Å²) in [7, 11) is 0. The Kier molecular flexibility index (Phi) is 2.57. The molecule has 2 N–H and O–H groups in total. The van der Waals surface area contributed by atoms with Crippen LogP contribution in [0.2, 0.25) is 0 Å². The minimum atomic E-state index is 0.504. The van der Waals surface area contributed by atoms with Gasteiger partial charge in [0.2, 0.25) is 0 Å². The number of fused-ring (bicyclic) bond motifs is 1. The Bertz CT molecular complexity index is 700. The Morgan fingerprint density at radius 1 is 1.28 bits per heavy atom. The lowest BCUT2D eigenvalue weighted by Crippen LogP contribution is -2.04. The highest BCUT2D eigenvalue weighted by Gasteiger charge is 2.07. The standard InChI is InChI=1S/C14H14N4/c1-10-16-6-7-18(10)14-8-11(9-15)12-4-2-3-5-13(12)17-14/h2-8H,9,15H2,1H3. The molecule has 0 aliphatic heterocycles. The van der Waals surface area contributed by atoms with E-state index in [4.69, 9.17) is 5.73 Å². The lowest BCUT2D eigenvalue weighted by molar-refractivity contribution is 0.932. The van der Waals surface area contributed by atoms with E-state index >= 15 is 0 Å². The van der Waals surface area contributed by atoms with Crippen molar-refractivity contribution in [3.05, 3.63) is 54.1 Å². The molecule has 0 spiro atoms. The van der Waals surface area contributed by atoms with Crippen molar-refractivity contribution in [3.8, 4) is 5.82 Å². The van der Waals surface area contributed by atoms with Gasteiger partial charge in [-0.25, -0.2) is 9.97 Å². The zero-order valence-corrected chi connectivity index (χ0v) is 10.2. The molecule has 2 aromatic heterocycles. The van der Waals surface area contributed by atoms with E-state index in [1.54, 1.807) is 6.20 Å². The third-order valence-electron chi connectivity index (χ3n) is 3.08. The molecule has 0 radical (unpaired) electrons. The molecule has 0 bridgehead atoms. The number of aromatic nitrogens is 3. The molecule has 0 unspecified atom stereocenters. The quantitative estimate of drug-likeness (QED) is 0.744. The molecule has 4 heteroatoms. The fourth-order valence-corrected chi connectivity index (χ4v) is 2.14. The summed E-state index contributed by atoms with van der Waals surface area (Å²) >= 11 is 0. The average Bonchev–Trinajstić information content (AvgIpc) is 2.83. The van der Waals surface area contributed by atoms with Crippen LogP contribution in [0.15, 0.2) is 42.7 Å². The molecule has 0 atom stereocenters. The molecule has 0 fully saturated rings. The van der Waals surface area contributed by atoms with Gasteiger partial charge in [-0.2, -0.15) is 0 Å². The Hall–Kier alpha value is -2.20. The highest BCUT2D eigenvalue weighted by atomic mass is 15.1. The van der Waals surface area contributed by atoms with Gasteiger partial charge in [0.05, 0.1) is 5.52 Å². The van der Waals surface area contributed by atoms with Crippen molar-refractivity contribution in [1.82, 2.24) is 14.5 Å². The van der Waals surface area contributed by atoms with Crippen molar-refractivity contribution in [1.29, 1.82) is 0 Å². The number of para-hydroxylation sites is 1. The zero-order chi connectivity index (χ0) is 12.5. The first-order chi connectivity index (χ1) is 8.79. The lowest BCUT2D eigenvalue weighted by atomic mass is 10.1. The molecule has 0 aliphatic rings. The summed E-state index contributed by atoms with van der Waals surface area (Å²) in [5.74, 6) is 1.78. The van der Waals surface area contributed by atoms with Gasteiger partial charge in [-0.05, 0) is 24.6 Å². The number of pyridine rings is 1. The van der Waals surface area contributed by atoms with Crippen LogP contribution in [-0.2, 0) is 6.54 Å². The normalized spacial score (nSPS) is 11.0. The van der Waals surface area contributed by atoms with E-state index in [1.807, 2.05) is 42.0 Å². The van der Waals surface area contributed by atoms with Crippen molar-refractivity contribution in [2.45, 2.75) is 13.5 Å². The van der Waals surface area contributed by atoms with Gasteiger partial charge in [0.1, 0.15) is 11.6 Å². The molecular weight excluding hydrogens is 224 g/mol. The first-order valence-electron chi connectivity index (χ1n) is 5.88. The number of hydrogen-bond donors (Lipinski definition) is 1. The number of hydrogen-bond acceptors (Lipinski definition) is 3. The van der Waals surface area contributed by atoms with Gasteiger partial charge in [-0.15, -0.1) is 0 Å². The topological polar surface area (TPSA) is 56.7 Å². The number of imidazole rings is 1. The van der Waals surface area contributed by atoms with Crippen LogP contribution in [-0.4, -0.2) is 14.5 Å². The largest absolute Gasteiger partial charge is 0.326 e. The van der Waals surface area contributed by atoms with Gasteiger partial charge in [0.15, 0.2) is 0 Å². The predicted molar refractivity (Wildman–Crippen MR) is 71.5 cm³/mol. The fraction of sp³-hybridized carbons (Fsp3) is 0.143. The molecule has 3 aromatic rings. The van der Waals surface area contributed by atoms with Crippen molar-refractivity contribution < 1.29 is 0 Å². The fourth-order valence-electron chi connectivity index (χ4n) is 2.14. The monoisotopic (exact) mass is 238 g/mol. The summed E-state index contributed by atoms with van der Waals surface area (Å²) in [6, 6.07) is 10.1. The predicted octanol–water partition coefficient (Wildman–Crippen LogP) is 2.19. The Morgan fingerprint density at radius 3 is 2.83 bits per heavy atom. The smallest absolute Gasteiger partial charge is 0.139 e. The maximum atomic E-state index is 5.82. The van der Waals surface area contributed by atoms with E-state index in [2.05, 4.69) is 16.0 Å². The van der Waals surface area contributed by atoms with E-state index in [-0.39, 0.29) is 0 Å². The van der Waals surface area contributed by atoms with Crippen molar-refractivity contribution in [2.75, 3.05) is 0 Å². The van der Waals surface area contributed by atoms with Gasteiger partial charge in [0, 0.05) is 24.3 Å². The van der Waals surface area contributed by atoms with Gasteiger partial charge >= 0.3 is 0 Å². The average molecular weight is 238 g/mol. The van der Waals surface area contributed by atoms with Crippen LogP contribution < -0.4 is 5.73 Å². The summed E-state index contributed by atoms with van der Waals surface area (Å²) in [6.45, 7) is 2.46. The number of aryl methyl sites for hydroxylation is 1. The third-order valence-corrected chi connectivity index (χ3v) is 3.08. The third kappa shape index (κ3) is 1.67. The van der Waals surface area contributed by atoms with Crippen molar-refractivity contribution in [2.24, 2.45) is 5.73 Å². The minimum Gasteiger partial charge on any atom is -0.326 e. The molecule has 90 valence electrons.